The van der Waals surface area contributed by atoms with E-state index >= 15 is 0 Å². The smallest absolute Gasteiger partial charge is 0.0208 e. The van der Waals surface area contributed by atoms with Gasteiger partial charge in [-0.2, -0.15) is 0 Å². The molecule has 0 spiro atoms. The molecule has 1 N–H and O–H groups in total. The minimum absolute atomic E-state index is 0.383. The molecule has 28 heavy (non-hydrogen) atoms. The van der Waals surface area contributed by atoms with E-state index in [0.717, 1.165) is 19.4 Å². The lowest BCUT2D eigenvalue weighted by Crippen LogP contribution is -2.33. The number of aryl methyl sites for hydroxylation is 1. The first-order chi connectivity index (χ1) is 13.8. The van der Waals surface area contributed by atoms with Crippen molar-refractivity contribution >= 4 is 10.8 Å². The zero-order valence-corrected chi connectivity index (χ0v) is 16.4. The molecule has 0 heterocycles. The van der Waals surface area contributed by atoms with Crippen LogP contribution in [0.4, 0.5) is 0 Å². The number of hydrogen-bond donors (Lipinski definition) is 1. The largest absolute Gasteiger partial charge is 0.309 e. The number of fused-ring (bicyclic) bond motifs is 1. The number of benzene rings is 4. The van der Waals surface area contributed by atoms with E-state index < -0.39 is 0 Å². The minimum atomic E-state index is 0.383. The summed E-state index contributed by atoms with van der Waals surface area (Å²) in [6, 6.07) is 35.3. The second-order valence-corrected chi connectivity index (χ2v) is 7.60. The van der Waals surface area contributed by atoms with E-state index in [0.29, 0.717) is 6.04 Å². The lowest BCUT2D eigenvalue weighted by atomic mass is 9.94. The molecule has 1 unspecified atom stereocenters. The van der Waals surface area contributed by atoms with Crippen LogP contribution in [-0.2, 0) is 19.4 Å². The average Bonchev–Trinajstić information content (AvgIpc) is 2.74. The van der Waals surface area contributed by atoms with Gasteiger partial charge in [0.15, 0.2) is 0 Å². The lowest BCUT2D eigenvalue weighted by molar-refractivity contribution is 0.506. The molecule has 4 aromatic rings. The highest BCUT2D eigenvalue weighted by atomic mass is 14.9. The van der Waals surface area contributed by atoms with E-state index in [1.54, 1.807) is 0 Å². The summed E-state index contributed by atoms with van der Waals surface area (Å²) in [7, 11) is 0. The Morgan fingerprint density at radius 3 is 2.18 bits per heavy atom. The average molecular weight is 366 g/mol. The Kier molecular flexibility index (Phi) is 5.84. The van der Waals surface area contributed by atoms with Crippen molar-refractivity contribution in [3.8, 4) is 0 Å². The summed E-state index contributed by atoms with van der Waals surface area (Å²) in [5.41, 5.74) is 5.44. The van der Waals surface area contributed by atoms with Gasteiger partial charge in [0, 0.05) is 12.6 Å². The highest BCUT2D eigenvalue weighted by Crippen LogP contribution is 2.21. The maximum atomic E-state index is 3.81. The van der Waals surface area contributed by atoms with Crippen molar-refractivity contribution in [2.24, 2.45) is 0 Å². The van der Waals surface area contributed by atoms with Crippen LogP contribution in [0, 0.1) is 6.92 Å². The van der Waals surface area contributed by atoms with Crippen molar-refractivity contribution in [2.75, 3.05) is 0 Å². The van der Waals surface area contributed by atoms with Gasteiger partial charge < -0.3 is 5.32 Å². The first-order valence-electron chi connectivity index (χ1n) is 10.1. The lowest BCUT2D eigenvalue weighted by Gasteiger charge is -2.20. The summed E-state index contributed by atoms with van der Waals surface area (Å²) in [4.78, 5) is 0. The van der Waals surface area contributed by atoms with Gasteiger partial charge in [-0.1, -0.05) is 103 Å². The van der Waals surface area contributed by atoms with E-state index in [2.05, 4.69) is 109 Å². The molecule has 0 saturated carbocycles. The predicted octanol–water partition coefficient (Wildman–Crippen LogP) is 6.09. The van der Waals surface area contributed by atoms with E-state index in [9.17, 15) is 0 Å². The van der Waals surface area contributed by atoms with Gasteiger partial charge in [0.25, 0.3) is 0 Å². The Morgan fingerprint density at radius 1 is 0.643 bits per heavy atom. The SMILES string of the molecule is Cc1ccc(CC(Cc2cccc3ccccc23)NCc2ccccc2)cc1. The van der Waals surface area contributed by atoms with E-state index in [-0.39, 0.29) is 0 Å². The molecule has 0 aliphatic carbocycles. The summed E-state index contributed by atoms with van der Waals surface area (Å²) >= 11 is 0. The van der Waals surface area contributed by atoms with Gasteiger partial charge >= 0.3 is 0 Å². The summed E-state index contributed by atoms with van der Waals surface area (Å²) in [6.07, 6.45) is 2.04. The summed E-state index contributed by atoms with van der Waals surface area (Å²) < 4.78 is 0. The predicted molar refractivity (Wildman–Crippen MR) is 120 cm³/mol. The highest BCUT2D eigenvalue weighted by molar-refractivity contribution is 5.85. The Hall–Kier alpha value is -2.90. The van der Waals surface area contributed by atoms with E-state index in [4.69, 9.17) is 0 Å². The monoisotopic (exact) mass is 365 g/mol. The van der Waals surface area contributed by atoms with Crippen LogP contribution in [0.25, 0.3) is 10.8 Å². The topological polar surface area (TPSA) is 12.0 Å². The second kappa shape index (κ2) is 8.86. The Labute approximate surface area is 168 Å². The van der Waals surface area contributed by atoms with Crippen LogP contribution in [0.5, 0.6) is 0 Å². The molecule has 140 valence electrons. The molecule has 0 radical (unpaired) electrons. The third-order valence-corrected chi connectivity index (χ3v) is 5.39. The Balaban J connectivity index is 1.56. The molecule has 4 aromatic carbocycles. The van der Waals surface area contributed by atoms with Crippen LogP contribution in [0.1, 0.15) is 22.3 Å². The number of rotatable bonds is 7. The zero-order valence-electron chi connectivity index (χ0n) is 16.4. The maximum Gasteiger partial charge on any atom is 0.0208 e. The van der Waals surface area contributed by atoms with Crippen LogP contribution in [0.3, 0.4) is 0 Å². The van der Waals surface area contributed by atoms with E-state index in [1.807, 2.05) is 0 Å². The van der Waals surface area contributed by atoms with Gasteiger partial charge in [-0.15, -0.1) is 0 Å². The van der Waals surface area contributed by atoms with Crippen LogP contribution in [-0.4, -0.2) is 6.04 Å². The quantitative estimate of drug-likeness (QED) is 0.418. The van der Waals surface area contributed by atoms with Crippen LogP contribution in [0.2, 0.25) is 0 Å². The normalized spacial score (nSPS) is 12.2. The highest BCUT2D eigenvalue weighted by Gasteiger charge is 2.12. The van der Waals surface area contributed by atoms with Crippen LogP contribution < -0.4 is 5.32 Å². The van der Waals surface area contributed by atoms with Crippen molar-refractivity contribution < 1.29 is 0 Å². The first kappa shape index (κ1) is 18.5. The molecule has 0 amide bonds. The maximum absolute atomic E-state index is 3.81. The molecule has 0 fully saturated rings. The number of nitrogens with one attached hydrogen (secondary N) is 1. The molecule has 1 atom stereocenters. The fourth-order valence-electron chi connectivity index (χ4n) is 3.82. The zero-order chi connectivity index (χ0) is 19.2. The number of hydrogen-bond acceptors (Lipinski definition) is 1. The van der Waals surface area contributed by atoms with E-state index in [1.165, 1.54) is 33.0 Å². The third-order valence-electron chi connectivity index (χ3n) is 5.39. The molecule has 1 heteroatoms. The molecule has 0 aliphatic rings. The summed E-state index contributed by atoms with van der Waals surface area (Å²) in [6.45, 7) is 3.03. The van der Waals surface area contributed by atoms with Gasteiger partial charge in [-0.05, 0) is 47.2 Å². The third kappa shape index (κ3) is 4.68. The fraction of sp³-hybridized carbons (Fsp3) is 0.185. The first-order valence-corrected chi connectivity index (χ1v) is 10.1. The molecule has 0 bridgehead atoms. The summed E-state index contributed by atoms with van der Waals surface area (Å²) in [5, 5.41) is 6.49. The molecule has 0 saturated heterocycles. The van der Waals surface area contributed by atoms with Crippen molar-refractivity contribution in [3.63, 3.8) is 0 Å². The van der Waals surface area contributed by atoms with Gasteiger partial charge in [0.1, 0.15) is 0 Å². The summed E-state index contributed by atoms with van der Waals surface area (Å²) in [5.74, 6) is 0. The van der Waals surface area contributed by atoms with Gasteiger partial charge in [0.05, 0.1) is 0 Å². The molecule has 0 aliphatic heterocycles. The fourth-order valence-corrected chi connectivity index (χ4v) is 3.82. The second-order valence-electron chi connectivity index (χ2n) is 7.60. The molecule has 0 aromatic heterocycles. The van der Waals surface area contributed by atoms with Gasteiger partial charge in [0.2, 0.25) is 0 Å². The minimum Gasteiger partial charge on any atom is -0.309 e. The van der Waals surface area contributed by atoms with Crippen molar-refractivity contribution in [1.29, 1.82) is 0 Å². The standard InChI is InChI=1S/C27H27N/c1-21-14-16-22(17-15-21)18-26(28-20-23-8-3-2-4-9-23)19-25-12-7-11-24-10-5-6-13-27(24)25/h2-17,26,28H,18-20H2,1H3. The van der Waals surface area contributed by atoms with Gasteiger partial charge in [-0.25, -0.2) is 0 Å². The van der Waals surface area contributed by atoms with Gasteiger partial charge in [-0.3, -0.25) is 0 Å². The van der Waals surface area contributed by atoms with Crippen molar-refractivity contribution in [2.45, 2.75) is 32.4 Å². The Bertz CT molecular complexity index is 1010. The molecular formula is C27H27N. The Morgan fingerprint density at radius 2 is 1.36 bits per heavy atom. The van der Waals surface area contributed by atoms with Crippen molar-refractivity contribution in [3.05, 3.63) is 119 Å². The molecule has 4 rings (SSSR count). The molecule has 1 nitrogen and oxygen atoms in total. The van der Waals surface area contributed by atoms with Crippen LogP contribution >= 0.6 is 0 Å². The van der Waals surface area contributed by atoms with Crippen molar-refractivity contribution in [1.82, 2.24) is 5.32 Å². The van der Waals surface area contributed by atoms with Crippen LogP contribution in [0.15, 0.2) is 97.1 Å². The molecular weight excluding hydrogens is 338 g/mol.